The molecule has 0 aromatic carbocycles. The molecular formula is C16H24N4O2S. The molecule has 7 heteroatoms. The number of nitrogens with zero attached hydrogens (tertiary/aromatic N) is 4. The molecule has 1 aromatic rings. The smallest absolute Gasteiger partial charge is 0.255 e. The van der Waals surface area contributed by atoms with E-state index in [0.717, 1.165) is 56.3 Å². The van der Waals surface area contributed by atoms with E-state index in [9.17, 15) is 9.59 Å². The zero-order chi connectivity index (χ0) is 16.2. The number of amides is 1. The summed E-state index contributed by atoms with van der Waals surface area (Å²) in [6.07, 6.45) is 4.22. The second kappa shape index (κ2) is 7.38. The predicted octanol–water partition coefficient (Wildman–Crippen LogP) is 0.962. The number of rotatable bonds is 3. The minimum atomic E-state index is -0.0322. The van der Waals surface area contributed by atoms with Gasteiger partial charge in [-0.25, -0.2) is 4.98 Å². The Morgan fingerprint density at radius 1 is 1.26 bits per heavy atom. The van der Waals surface area contributed by atoms with E-state index in [4.69, 9.17) is 0 Å². The van der Waals surface area contributed by atoms with Gasteiger partial charge in [0.15, 0.2) is 0 Å². The van der Waals surface area contributed by atoms with Gasteiger partial charge >= 0.3 is 0 Å². The van der Waals surface area contributed by atoms with Gasteiger partial charge in [0, 0.05) is 57.2 Å². The van der Waals surface area contributed by atoms with E-state index >= 15 is 0 Å². The first-order chi connectivity index (χ1) is 11.1. The number of piperidine rings is 1. The van der Waals surface area contributed by atoms with Crippen molar-refractivity contribution in [3.05, 3.63) is 22.7 Å². The molecule has 2 aliphatic heterocycles. The molecule has 3 rings (SSSR count). The van der Waals surface area contributed by atoms with Gasteiger partial charge in [0.25, 0.3) is 5.56 Å². The normalized spacial score (nSPS) is 19.9. The Balaban J connectivity index is 1.50. The summed E-state index contributed by atoms with van der Waals surface area (Å²) in [6.45, 7) is 3.54. The number of carbonyl (C=O) groups is 1. The van der Waals surface area contributed by atoms with Crippen molar-refractivity contribution in [2.24, 2.45) is 13.0 Å². The molecule has 1 aromatic heterocycles. The summed E-state index contributed by atoms with van der Waals surface area (Å²) in [7, 11) is 1.70. The van der Waals surface area contributed by atoms with Crippen LogP contribution in [-0.4, -0.2) is 58.0 Å². The number of hydrogen-bond acceptors (Lipinski definition) is 5. The maximum absolute atomic E-state index is 12.3. The topological polar surface area (TPSA) is 58.4 Å². The van der Waals surface area contributed by atoms with Crippen molar-refractivity contribution in [1.82, 2.24) is 14.5 Å². The molecule has 23 heavy (non-hydrogen) atoms. The van der Waals surface area contributed by atoms with Crippen molar-refractivity contribution in [3.8, 4) is 0 Å². The van der Waals surface area contributed by atoms with Crippen molar-refractivity contribution in [1.29, 1.82) is 0 Å². The third kappa shape index (κ3) is 4.07. The Morgan fingerprint density at radius 2 is 1.96 bits per heavy atom. The van der Waals surface area contributed by atoms with E-state index in [1.54, 1.807) is 19.4 Å². The van der Waals surface area contributed by atoms with Crippen LogP contribution in [0.1, 0.15) is 19.3 Å². The molecule has 0 bridgehead atoms. The van der Waals surface area contributed by atoms with E-state index in [2.05, 4.69) is 9.88 Å². The Labute approximate surface area is 140 Å². The van der Waals surface area contributed by atoms with Gasteiger partial charge in [0.05, 0.1) is 6.33 Å². The zero-order valence-corrected chi connectivity index (χ0v) is 14.4. The molecule has 1 amide bonds. The van der Waals surface area contributed by atoms with Gasteiger partial charge in [-0.15, -0.1) is 0 Å². The average molecular weight is 336 g/mol. The number of hydrogen-bond donors (Lipinski definition) is 0. The Bertz CT molecular complexity index is 604. The standard InChI is InChI=1S/C16H24N4O2S/c1-18-12-17-14(11-15(18)21)19-4-2-13(3-5-19)10-16(22)20-6-8-23-9-7-20/h11-13H,2-10H2,1H3. The second-order valence-corrected chi connectivity index (χ2v) is 7.55. The van der Waals surface area contributed by atoms with Crippen LogP contribution in [0.2, 0.25) is 0 Å². The lowest BCUT2D eigenvalue weighted by atomic mass is 9.93. The maximum atomic E-state index is 12.3. The zero-order valence-electron chi connectivity index (χ0n) is 13.6. The lowest BCUT2D eigenvalue weighted by Gasteiger charge is -2.34. The number of aryl methyl sites for hydroxylation is 1. The van der Waals surface area contributed by atoms with E-state index < -0.39 is 0 Å². The van der Waals surface area contributed by atoms with Crippen LogP contribution in [-0.2, 0) is 11.8 Å². The Morgan fingerprint density at radius 3 is 2.61 bits per heavy atom. The van der Waals surface area contributed by atoms with Crippen LogP contribution < -0.4 is 10.5 Å². The average Bonchev–Trinajstić information content (AvgIpc) is 2.59. The molecular weight excluding hydrogens is 312 g/mol. The summed E-state index contributed by atoms with van der Waals surface area (Å²) < 4.78 is 1.48. The maximum Gasteiger partial charge on any atom is 0.255 e. The summed E-state index contributed by atoms with van der Waals surface area (Å²) in [4.78, 5) is 32.6. The molecule has 2 fully saturated rings. The molecule has 0 atom stereocenters. The van der Waals surface area contributed by atoms with Gasteiger partial charge in [0.2, 0.25) is 5.91 Å². The van der Waals surface area contributed by atoms with Crippen LogP contribution in [0.15, 0.2) is 17.2 Å². The van der Waals surface area contributed by atoms with Crippen molar-refractivity contribution in [3.63, 3.8) is 0 Å². The van der Waals surface area contributed by atoms with Crippen LogP contribution in [0.5, 0.6) is 0 Å². The minimum absolute atomic E-state index is 0.0322. The molecule has 0 spiro atoms. The molecule has 126 valence electrons. The van der Waals surface area contributed by atoms with E-state index in [1.165, 1.54) is 4.57 Å². The number of thioether (sulfide) groups is 1. The lowest BCUT2D eigenvalue weighted by Crippen LogP contribution is -2.41. The highest BCUT2D eigenvalue weighted by molar-refractivity contribution is 7.99. The highest BCUT2D eigenvalue weighted by Crippen LogP contribution is 2.24. The largest absolute Gasteiger partial charge is 0.356 e. The second-order valence-electron chi connectivity index (χ2n) is 6.32. The molecule has 6 nitrogen and oxygen atoms in total. The van der Waals surface area contributed by atoms with Crippen molar-refractivity contribution < 1.29 is 4.79 Å². The van der Waals surface area contributed by atoms with E-state index in [-0.39, 0.29) is 5.56 Å². The highest BCUT2D eigenvalue weighted by Gasteiger charge is 2.25. The third-order valence-corrected chi connectivity index (χ3v) is 5.67. The molecule has 3 heterocycles. The van der Waals surface area contributed by atoms with Crippen LogP contribution in [0, 0.1) is 5.92 Å². The fourth-order valence-electron chi connectivity index (χ4n) is 3.18. The van der Waals surface area contributed by atoms with Gasteiger partial charge in [-0.2, -0.15) is 11.8 Å². The minimum Gasteiger partial charge on any atom is -0.356 e. The van der Waals surface area contributed by atoms with Crippen LogP contribution >= 0.6 is 11.8 Å². The monoisotopic (exact) mass is 336 g/mol. The van der Waals surface area contributed by atoms with Gasteiger partial charge in [-0.3, -0.25) is 9.59 Å². The highest BCUT2D eigenvalue weighted by atomic mass is 32.2. The summed E-state index contributed by atoms with van der Waals surface area (Å²) in [5.41, 5.74) is -0.0322. The van der Waals surface area contributed by atoms with Gasteiger partial charge in [-0.05, 0) is 18.8 Å². The number of anilines is 1. The molecule has 2 saturated heterocycles. The molecule has 0 radical (unpaired) electrons. The van der Waals surface area contributed by atoms with Crippen molar-refractivity contribution in [2.45, 2.75) is 19.3 Å². The summed E-state index contributed by atoms with van der Waals surface area (Å²) in [5, 5.41) is 0. The quantitative estimate of drug-likeness (QED) is 0.823. The predicted molar refractivity (Wildman–Crippen MR) is 92.9 cm³/mol. The van der Waals surface area contributed by atoms with Crippen LogP contribution in [0.25, 0.3) is 0 Å². The van der Waals surface area contributed by atoms with Crippen molar-refractivity contribution >= 4 is 23.5 Å². The number of carbonyl (C=O) groups excluding carboxylic acids is 1. The van der Waals surface area contributed by atoms with Gasteiger partial charge in [0.1, 0.15) is 5.82 Å². The third-order valence-electron chi connectivity index (χ3n) is 4.73. The van der Waals surface area contributed by atoms with Crippen LogP contribution in [0.3, 0.4) is 0 Å². The van der Waals surface area contributed by atoms with Crippen molar-refractivity contribution in [2.75, 3.05) is 42.6 Å². The fourth-order valence-corrected chi connectivity index (χ4v) is 4.08. The van der Waals surface area contributed by atoms with E-state index in [1.807, 2.05) is 16.7 Å². The first-order valence-corrected chi connectivity index (χ1v) is 9.42. The molecule has 0 N–H and O–H groups in total. The van der Waals surface area contributed by atoms with Gasteiger partial charge in [-0.1, -0.05) is 0 Å². The summed E-state index contributed by atoms with van der Waals surface area (Å²) in [5.74, 6) is 3.67. The number of aromatic nitrogens is 2. The summed E-state index contributed by atoms with van der Waals surface area (Å²) >= 11 is 1.93. The molecule has 2 aliphatic rings. The van der Waals surface area contributed by atoms with E-state index in [0.29, 0.717) is 18.2 Å². The fraction of sp³-hybridized carbons (Fsp3) is 0.688. The van der Waals surface area contributed by atoms with Gasteiger partial charge < -0.3 is 14.4 Å². The SMILES string of the molecule is Cn1cnc(N2CCC(CC(=O)N3CCSCC3)CC2)cc1=O. The van der Waals surface area contributed by atoms with Crippen LogP contribution in [0.4, 0.5) is 5.82 Å². The Hall–Kier alpha value is -1.50. The molecule has 0 unspecified atom stereocenters. The first kappa shape index (κ1) is 16.4. The lowest BCUT2D eigenvalue weighted by molar-refractivity contribution is -0.132. The molecule has 0 saturated carbocycles. The summed E-state index contributed by atoms with van der Waals surface area (Å²) in [6, 6.07) is 1.59. The first-order valence-electron chi connectivity index (χ1n) is 8.26. The molecule has 0 aliphatic carbocycles. The Kier molecular flexibility index (Phi) is 5.25.